The van der Waals surface area contributed by atoms with Gasteiger partial charge < -0.3 is 18.9 Å². The molecule has 0 aliphatic carbocycles. The molecule has 0 spiro atoms. The van der Waals surface area contributed by atoms with Crippen LogP contribution in [-0.2, 0) is 14.3 Å². The van der Waals surface area contributed by atoms with Gasteiger partial charge in [0.05, 0.1) is 25.3 Å². The lowest BCUT2D eigenvalue weighted by molar-refractivity contribution is -0.135. The summed E-state index contributed by atoms with van der Waals surface area (Å²) < 4.78 is 23.0. The average Bonchev–Trinajstić information content (AvgIpc) is 3.13. The zero-order valence-corrected chi connectivity index (χ0v) is 18.4. The molecule has 8 nitrogen and oxygen atoms in total. The lowest BCUT2D eigenvalue weighted by Crippen LogP contribution is -2.25. The predicted molar refractivity (Wildman–Crippen MR) is 113 cm³/mol. The van der Waals surface area contributed by atoms with Crippen molar-refractivity contribution in [2.45, 2.75) is 20.1 Å². The van der Waals surface area contributed by atoms with E-state index in [9.17, 15) is 9.59 Å². The van der Waals surface area contributed by atoms with E-state index in [0.717, 1.165) is 3.57 Å². The standard InChI is InChI=1S/C20H19IN2O6/c1-11(24)23-20(14-6-5-7-17(26-3)18(14)27-4)29-19(22-23)15-10-13(21)8-9-16(15)28-12(2)25/h5-10,20H,1-4H3/t20-/m1/s1. The zero-order valence-electron chi connectivity index (χ0n) is 16.3. The zero-order chi connectivity index (χ0) is 21.1. The predicted octanol–water partition coefficient (Wildman–Crippen LogP) is 3.47. The molecule has 3 rings (SSSR count). The van der Waals surface area contributed by atoms with Gasteiger partial charge in [-0.3, -0.25) is 9.59 Å². The first kappa shape index (κ1) is 20.9. The van der Waals surface area contributed by atoms with Crippen molar-refractivity contribution in [3.05, 3.63) is 51.1 Å². The Morgan fingerprint density at radius 2 is 1.86 bits per heavy atom. The Bertz CT molecular complexity index is 991. The summed E-state index contributed by atoms with van der Waals surface area (Å²) in [4.78, 5) is 23.7. The number of methoxy groups -OCH3 is 2. The number of esters is 1. The molecule has 152 valence electrons. The molecule has 1 atom stereocenters. The first-order chi connectivity index (χ1) is 13.8. The van der Waals surface area contributed by atoms with Crippen LogP contribution in [0, 0.1) is 3.57 Å². The van der Waals surface area contributed by atoms with E-state index in [-0.39, 0.29) is 11.8 Å². The number of amides is 1. The number of hydrogen-bond acceptors (Lipinski definition) is 7. The summed E-state index contributed by atoms with van der Waals surface area (Å²) in [5, 5.41) is 5.56. The number of rotatable bonds is 5. The molecule has 1 aliphatic heterocycles. The molecule has 0 bridgehead atoms. The molecule has 0 radical (unpaired) electrons. The Morgan fingerprint density at radius 3 is 2.48 bits per heavy atom. The van der Waals surface area contributed by atoms with Crippen molar-refractivity contribution >= 4 is 40.4 Å². The molecular weight excluding hydrogens is 491 g/mol. The minimum atomic E-state index is -0.865. The van der Waals surface area contributed by atoms with Crippen LogP contribution in [0.25, 0.3) is 0 Å². The molecule has 1 heterocycles. The maximum atomic E-state index is 12.3. The second kappa shape index (κ2) is 8.68. The van der Waals surface area contributed by atoms with Crippen molar-refractivity contribution in [2.75, 3.05) is 14.2 Å². The van der Waals surface area contributed by atoms with Gasteiger partial charge in [-0.25, -0.2) is 0 Å². The molecule has 2 aromatic rings. The third kappa shape index (κ3) is 4.29. The quantitative estimate of drug-likeness (QED) is 0.348. The van der Waals surface area contributed by atoms with Gasteiger partial charge in [-0.1, -0.05) is 6.07 Å². The molecular formula is C20H19IN2O6. The van der Waals surface area contributed by atoms with Crippen molar-refractivity contribution in [1.29, 1.82) is 0 Å². The van der Waals surface area contributed by atoms with Crippen LogP contribution in [0.15, 0.2) is 41.5 Å². The van der Waals surface area contributed by atoms with E-state index < -0.39 is 12.2 Å². The minimum Gasteiger partial charge on any atom is -0.493 e. The van der Waals surface area contributed by atoms with Gasteiger partial charge in [0, 0.05) is 17.4 Å². The fourth-order valence-electron chi connectivity index (χ4n) is 2.90. The molecule has 1 amide bonds. The van der Waals surface area contributed by atoms with E-state index in [1.165, 1.54) is 33.1 Å². The molecule has 1 aliphatic rings. The second-order valence-corrected chi connectivity index (χ2v) is 7.30. The van der Waals surface area contributed by atoms with Crippen LogP contribution in [0.1, 0.15) is 31.2 Å². The van der Waals surface area contributed by atoms with Crippen LogP contribution in [0.3, 0.4) is 0 Å². The minimum absolute atomic E-state index is 0.157. The van der Waals surface area contributed by atoms with E-state index in [4.69, 9.17) is 18.9 Å². The van der Waals surface area contributed by atoms with Gasteiger partial charge >= 0.3 is 5.97 Å². The number of carbonyl (C=O) groups is 2. The van der Waals surface area contributed by atoms with Crippen molar-refractivity contribution < 1.29 is 28.5 Å². The van der Waals surface area contributed by atoms with Crippen molar-refractivity contribution in [3.63, 3.8) is 0 Å². The topological polar surface area (TPSA) is 86.7 Å². The Hall–Kier alpha value is -2.82. The number of benzene rings is 2. The summed E-state index contributed by atoms with van der Waals surface area (Å²) in [6.45, 7) is 2.70. The van der Waals surface area contributed by atoms with E-state index >= 15 is 0 Å². The van der Waals surface area contributed by atoms with Crippen LogP contribution in [0.5, 0.6) is 17.2 Å². The Kier molecular flexibility index (Phi) is 6.26. The highest BCUT2D eigenvalue weighted by Crippen LogP contribution is 2.41. The summed E-state index contributed by atoms with van der Waals surface area (Å²) in [6, 6.07) is 10.5. The fraction of sp³-hybridized carbons (Fsp3) is 0.250. The number of hydrogen-bond donors (Lipinski definition) is 0. The number of halogens is 1. The molecule has 0 unspecified atom stereocenters. The van der Waals surface area contributed by atoms with Gasteiger partial charge in [0.15, 0.2) is 11.5 Å². The molecule has 0 saturated carbocycles. The molecule has 0 aromatic heterocycles. The van der Waals surface area contributed by atoms with Crippen molar-refractivity contribution in [2.24, 2.45) is 5.10 Å². The number of ether oxygens (including phenoxy) is 4. The van der Waals surface area contributed by atoms with E-state index in [0.29, 0.717) is 28.4 Å². The third-order valence-corrected chi connectivity index (χ3v) is 4.76. The molecule has 2 aromatic carbocycles. The Balaban J connectivity index is 2.07. The smallest absolute Gasteiger partial charge is 0.308 e. The SMILES string of the molecule is COc1cccc([C@H]2OC(c3cc(I)ccc3OC(C)=O)=NN2C(C)=O)c1OC. The number of para-hydroxylation sites is 1. The van der Waals surface area contributed by atoms with Gasteiger partial charge in [0.25, 0.3) is 0 Å². The molecule has 0 N–H and O–H groups in total. The highest BCUT2D eigenvalue weighted by Gasteiger charge is 2.37. The molecule has 0 fully saturated rings. The number of nitrogens with zero attached hydrogens (tertiary/aromatic N) is 2. The highest BCUT2D eigenvalue weighted by atomic mass is 127. The van der Waals surface area contributed by atoms with Crippen LogP contribution >= 0.6 is 22.6 Å². The van der Waals surface area contributed by atoms with Crippen molar-refractivity contribution in [3.8, 4) is 17.2 Å². The number of carbonyl (C=O) groups excluding carboxylic acids is 2. The average molecular weight is 510 g/mol. The summed E-state index contributed by atoms with van der Waals surface area (Å²) in [5.41, 5.74) is 1.03. The normalized spacial score (nSPS) is 15.4. The first-order valence-corrected chi connectivity index (χ1v) is 9.67. The Morgan fingerprint density at radius 1 is 1.10 bits per heavy atom. The summed E-state index contributed by atoms with van der Waals surface area (Å²) in [5.74, 6) is 0.587. The lowest BCUT2D eigenvalue weighted by Gasteiger charge is -2.22. The third-order valence-electron chi connectivity index (χ3n) is 4.09. The maximum Gasteiger partial charge on any atom is 0.308 e. The highest BCUT2D eigenvalue weighted by molar-refractivity contribution is 14.1. The Labute approximate surface area is 181 Å². The molecule has 9 heteroatoms. The molecule has 29 heavy (non-hydrogen) atoms. The fourth-order valence-corrected chi connectivity index (χ4v) is 3.39. The largest absolute Gasteiger partial charge is 0.493 e. The van der Waals surface area contributed by atoms with Crippen LogP contribution in [0.4, 0.5) is 0 Å². The van der Waals surface area contributed by atoms with Crippen LogP contribution < -0.4 is 14.2 Å². The molecule has 0 saturated heterocycles. The van der Waals surface area contributed by atoms with E-state index in [1.807, 2.05) is 0 Å². The summed E-state index contributed by atoms with van der Waals surface area (Å²) in [7, 11) is 3.04. The second-order valence-electron chi connectivity index (χ2n) is 6.06. The van der Waals surface area contributed by atoms with Crippen LogP contribution in [0.2, 0.25) is 0 Å². The van der Waals surface area contributed by atoms with E-state index in [2.05, 4.69) is 27.7 Å². The lowest BCUT2D eigenvalue weighted by atomic mass is 10.1. The van der Waals surface area contributed by atoms with Gasteiger partial charge in [-0.15, -0.1) is 5.10 Å². The number of hydrazone groups is 1. The van der Waals surface area contributed by atoms with E-state index in [1.54, 1.807) is 36.4 Å². The van der Waals surface area contributed by atoms with Crippen LogP contribution in [-0.4, -0.2) is 37.0 Å². The van der Waals surface area contributed by atoms with Crippen molar-refractivity contribution in [1.82, 2.24) is 5.01 Å². The van der Waals surface area contributed by atoms with Gasteiger partial charge in [0.1, 0.15) is 5.75 Å². The summed E-state index contributed by atoms with van der Waals surface area (Å²) in [6.07, 6.45) is -0.865. The van der Waals surface area contributed by atoms with Gasteiger partial charge in [-0.2, -0.15) is 5.01 Å². The van der Waals surface area contributed by atoms with Gasteiger partial charge in [-0.05, 0) is 52.9 Å². The monoisotopic (exact) mass is 510 g/mol. The maximum absolute atomic E-state index is 12.3. The van der Waals surface area contributed by atoms with Gasteiger partial charge in [0.2, 0.25) is 18.0 Å². The summed E-state index contributed by atoms with van der Waals surface area (Å²) >= 11 is 2.13. The first-order valence-electron chi connectivity index (χ1n) is 8.60.